The maximum Gasteiger partial charge on any atom is 0.282 e. The number of para-hydroxylation sites is 1. The molecule has 29 heavy (non-hydrogen) atoms. The average Bonchev–Trinajstić information content (AvgIpc) is 3.00. The SMILES string of the molecule is CN(Cc1ccccc1)C1=C(c2ccc(Cl)cc2)C(=O)N(c2ccccc2)C1=O. The maximum atomic E-state index is 13.4. The Morgan fingerprint density at radius 3 is 2.00 bits per heavy atom. The van der Waals surface area contributed by atoms with Crippen LogP contribution in [0.25, 0.3) is 5.57 Å². The van der Waals surface area contributed by atoms with E-state index in [2.05, 4.69) is 0 Å². The van der Waals surface area contributed by atoms with E-state index in [0.717, 1.165) is 5.56 Å². The normalized spacial score (nSPS) is 13.9. The molecule has 0 atom stereocenters. The van der Waals surface area contributed by atoms with Gasteiger partial charge in [0.25, 0.3) is 11.8 Å². The van der Waals surface area contributed by atoms with E-state index in [1.54, 1.807) is 36.4 Å². The van der Waals surface area contributed by atoms with Gasteiger partial charge in [0.2, 0.25) is 0 Å². The molecule has 1 heterocycles. The highest BCUT2D eigenvalue weighted by Gasteiger charge is 2.41. The average molecular weight is 403 g/mol. The topological polar surface area (TPSA) is 40.6 Å². The standard InChI is InChI=1S/C24H19ClN2O2/c1-26(16-17-8-4-2-5-9-17)22-21(18-12-14-19(25)15-13-18)23(28)27(24(22)29)20-10-6-3-7-11-20/h2-15H,16H2,1H3. The first-order valence-corrected chi connectivity index (χ1v) is 9.63. The van der Waals surface area contributed by atoms with Crippen molar-refractivity contribution < 1.29 is 9.59 Å². The summed E-state index contributed by atoms with van der Waals surface area (Å²) in [6.45, 7) is 0.509. The second kappa shape index (κ2) is 7.94. The van der Waals surface area contributed by atoms with E-state index >= 15 is 0 Å². The van der Waals surface area contributed by atoms with Crippen molar-refractivity contribution in [2.45, 2.75) is 6.54 Å². The molecule has 0 aromatic heterocycles. The number of likely N-dealkylation sites (N-methyl/N-ethyl adjacent to an activating group) is 1. The summed E-state index contributed by atoms with van der Waals surface area (Å²) in [6.07, 6.45) is 0. The molecule has 2 amide bonds. The predicted molar refractivity (Wildman–Crippen MR) is 115 cm³/mol. The van der Waals surface area contributed by atoms with E-state index in [1.807, 2.05) is 60.5 Å². The second-order valence-corrected chi connectivity index (χ2v) is 7.29. The van der Waals surface area contributed by atoms with Gasteiger partial charge in [-0.05, 0) is 35.4 Å². The molecule has 3 aromatic carbocycles. The molecular weight excluding hydrogens is 384 g/mol. The fourth-order valence-electron chi connectivity index (χ4n) is 3.50. The number of rotatable bonds is 5. The van der Waals surface area contributed by atoms with Crippen LogP contribution in [0.5, 0.6) is 0 Å². The molecule has 4 nitrogen and oxygen atoms in total. The predicted octanol–water partition coefficient (Wildman–Crippen LogP) is 4.76. The van der Waals surface area contributed by atoms with Gasteiger partial charge in [-0.2, -0.15) is 0 Å². The number of hydrogen-bond acceptors (Lipinski definition) is 3. The molecule has 0 saturated carbocycles. The Balaban J connectivity index is 1.80. The number of benzene rings is 3. The number of nitrogens with zero attached hydrogens (tertiary/aromatic N) is 2. The number of carbonyl (C=O) groups is 2. The number of amides is 2. The summed E-state index contributed by atoms with van der Waals surface area (Å²) in [6, 6.07) is 25.8. The lowest BCUT2D eigenvalue weighted by Gasteiger charge is -2.21. The van der Waals surface area contributed by atoms with Crippen molar-refractivity contribution in [3.05, 3.63) is 107 Å². The molecule has 0 aliphatic carbocycles. The van der Waals surface area contributed by atoms with Gasteiger partial charge in [-0.1, -0.05) is 72.3 Å². The van der Waals surface area contributed by atoms with Crippen LogP contribution in [0.2, 0.25) is 5.02 Å². The molecule has 0 unspecified atom stereocenters. The minimum absolute atomic E-state index is 0.329. The zero-order chi connectivity index (χ0) is 20.4. The van der Waals surface area contributed by atoms with Gasteiger partial charge in [0.1, 0.15) is 5.70 Å². The molecule has 0 spiro atoms. The quantitative estimate of drug-likeness (QED) is 0.578. The van der Waals surface area contributed by atoms with Gasteiger partial charge in [-0.3, -0.25) is 9.59 Å². The van der Waals surface area contributed by atoms with Gasteiger partial charge in [-0.25, -0.2) is 4.90 Å². The van der Waals surface area contributed by atoms with E-state index in [1.165, 1.54) is 4.90 Å². The molecule has 5 heteroatoms. The first-order valence-electron chi connectivity index (χ1n) is 9.25. The number of halogens is 1. The van der Waals surface area contributed by atoms with Crippen molar-refractivity contribution >= 4 is 34.7 Å². The first kappa shape index (κ1) is 19.0. The van der Waals surface area contributed by atoms with Crippen molar-refractivity contribution in [1.29, 1.82) is 0 Å². The third-order valence-electron chi connectivity index (χ3n) is 4.85. The lowest BCUT2D eigenvalue weighted by Crippen LogP contribution is -2.34. The third kappa shape index (κ3) is 3.67. The van der Waals surface area contributed by atoms with Crippen LogP contribution in [0.4, 0.5) is 5.69 Å². The number of imide groups is 1. The van der Waals surface area contributed by atoms with Gasteiger partial charge in [0.05, 0.1) is 11.3 Å². The fraction of sp³-hybridized carbons (Fsp3) is 0.0833. The number of hydrogen-bond donors (Lipinski definition) is 0. The summed E-state index contributed by atoms with van der Waals surface area (Å²) in [5.74, 6) is -0.664. The van der Waals surface area contributed by atoms with Crippen LogP contribution in [-0.2, 0) is 16.1 Å². The zero-order valence-corrected chi connectivity index (χ0v) is 16.6. The summed E-state index contributed by atoms with van der Waals surface area (Å²) in [4.78, 5) is 29.8. The molecule has 0 bridgehead atoms. The van der Waals surface area contributed by atoms with Crippen LogP contribution < -0.4 is 4.90 Å². The number of carbonyl (C=O) groups excluding carboxylic acids is 2. The fourth-order valence-corrected chi connectivity index (χ4v) is 3.62. The molecule has 0 N–H and O–H groups in total. The molecule has 0 fully saturated rings. The van der Waals surface area contributed by atoms with Crippen molar-refractivity contribution in [2.75, 3.05) is 11.9 Å². The zero-order valence-electron chi connectivity index (χ0n) is 15.9. The summed E-state index contributed by atoms with van der Waals surface area (Å²) in [5.41, 5.74) is 3.04. The van der Waals surface area contributed by atoms with Crippen molar-refractivity contribution in [2.24, 2.45) is 0 Å². The largest absolute Gasteiger partial charge is 0.365 e. The molecular formula is C24H19ClN2O2. The highest BCUT2D eigenvalue weighted by atomic mass is 35.5. The molecule has 4 rings (SSSR count). The van der Waals surface area contributed by atoms with E-state index in [-0.39, 0.29) is 11.8 Å². The Morgan fingerprint density at radius 2 is 1.38 bits per heavy atom. The van der Waals surface area contributed by atoms with Crippen molar-refractivity contribution in [3.63, 3.8) is 0 Å². The van der Waals surface area contributed by atoms with Crippen LogP contribution in [0.3, 0.4) is 0 Å². The summed E-state index contributed by atoms with van der Waals surface area (Å²) in [5, 5.41) is 0.574. The highest BCUT2D eigenvalue weighted by molar-refractivity contribution is 6.45. The van der Waals surface area contributed by atoms with E-state index < -0.39 is 0 Å². The second-order valence-electron chi connectivity index (χ2n) is 6.85. The van der Waals surface area contributed by atoms with Crippen molar-refractivity contribution in [3.8, 4) is 0 Å². The Kier molecular flexibility index (Phi) is 5.19. The third-order valence-corrected chi connectivity index (χ3v) is 5.10. The molecule has 3 aromatic rings. The van der Waals surface area contributed by atoms with Gasteiger partial charge in [-0.15, -0.1) is 0 Å². The van der Waals surface area contributed by atoms with Crippen LogP contribution in [0.1, 0.15) is 11.1 Å². The van der Waals surface area contributed by atoms with E-state index in [4.69, 9.17) is 11.6 Å². The van der Waals surface area contributed by atoms with Gasteiger partial charge < -0.3 is 4.90 Å². The van der Waals surface area contributed by atoms with Crippen molar-refractivity contribution in [1.82, 2.24) is 4.90 Å². The summed E-state index contributed by atoms with van der Waals surface area (Å²) < 4.78 is 0. The molecule has 0 saturated heterocycles. The minimum Gasteiger partial charge on any atom is -0.365 e. The molecule has 1 aliphatic heterocycles. The Bertz CT molecular complexity index is 1080. The molecule has 1 aliphatic rings. The Morgan fingerprint density at radius 1 is 0.793 bits per heavy atom. The highest BCUT2D eigenvalue weighted by Crippen LogP contribution is 2.35. The Labute approximate surface area is 174 Å². The van der Waals surface area contributed by atoms with Crippen LogP contribution in [0.15, 0.2) is 90.6 Å². The lowest BCUT2D eigenvalue weighted by molar-refractivity contribution is -0.120. The molecule has 144 valence electrons. The van der Waals surface area contributed by atoms with Gasteiger partial charge >= 0.3 is 0 Å². The summed E-state index contributed by atoms with van der Waals surface area (Å²) >= 11 is 6.03. The minimum atomic E-state index is -0.335. The molecule has 0 radical (unpaired) electrons. The monoisotopic (exact) mass is 402 g/mol. The van der Waals surface area contributed by atoms with E-state index in [9.17, 15) is 9.59 Å². The lowest BCUT2D eigenvalue weighted by atomic mass is 10.0. The van der Waals surface area contributed by atoms with Crippen LogP contribution in [0, 0.1) is 0 Å². The van der Waals surface area contributed by atoms with E-state index in [0.29, 0.717) is 34.1 Å². The van der Waals surface area contributed by atoms with Crippen LogP contribution in [-0.4, -0.2) is 23.8 Å². The van der Waals surface area contributed by atoms with Gasteiger partial charge in [0, 0.05) is 18.6 Å². The van der Waals surface area contributed by atoms with Crippen LogP contribution >= 0.6 is 11.6 Å². The van der Waals surface area contributed by atoms with Gasteiger partial charge in [0.15, 0.2) is 0 Å². The smallest absolute Gasteiger partial charge is 0.282 e. The Hall–Kier alpha value is -3.37. The first-order chi connectivity index (χ1) is 14.1. The number of anilines is 1. The summed E-state index contributed by atoms with van der Waals surface area (Å²) in [7, 11) is 1.83. The maximum absolute atomic E-state index is 13.4.